The van der Waals surface area contributed by atoms with Crippen LogP contribution in [0.15, 0.2) is 47.4 Å². The lowest BCUT2D eigenvalue weighted by Crippen LogP contribution is -2.41. The molecule has 2 aromatic carbocycles. The third-order valence-electron chi connectivity index (χ3n) is 3.85. The Morgan fingerprint density at radius 1 is 0.966 bits per heavy atom. The van der Waals surface area contributed by atoms with Crippen molar-refractivity contribution in [2.24, 2.45) is 0 Å². The molecule has 0 spiro atoms. The van der Waals surface area contributed by atoms with E-state index in [0.717, 1.165) is 0 Å². The topological polar surface area (TPSA) is 131 Å². The molecule has 0 heterocycles. The predicted octanol–water partition coefficient (Wildman–Crippen LogP) is 0.935. The quantitative estimate of drug-likeness (QED) is 0.540. The van der Waals surface area contributed by atoms with Crippen LogP contribution in [0.3, 0.4) is 0 Å². The van der Waals surface area contributed by atoms with E-state index in [9.17, 15) is 18.0 Å². The first-order valence-electron chi connectivity index (χ1n) is 8.67. The molecule has 156 valence electrons. The van der Waals surface area contributed by atoms with E-state index in [4.69, 9.17) is 14.6 Å². The highest BCUT2D eigenvalue weighted by molar-refractivity contribution is 7.91. The Morgan fingerprint density at radius 3 is 2.10 bits per heavy atom. The number of benzene rings is 2. The second kappa shape index (κ2) is 9.89. The van der Waals surface area contributed by atoms with Gasteiger partial charge in [0.05, 0.1) is 31.0 Å². The number of ether oxygens (including phenoxy) is 2. The van der Waals surface area contributed by atoms with Crippen molar-refractivity contribution in [1.82, 2.24) is 10.9 Å². The number of carbonyl (C=O) groups excluding carboxylic acids is 2. The molecule has 2 aromatic rings. The molecule has 3 N–H and O–H groups in total. The lowest BCUT2D eigenvalue weighted by Gasteiger charge is -2.12. The van der Waals surface area contributed by atoms with E-state index >= 15 is 0 Å². The van der Waals surface area contributed by atoms with Crippen LogP contribution in [-0.4, -0.2) is 51.4 Å². The Balaban J connectivity index is 2.02. The molecule has 0 aliphatic heterocycles. The van der Waals surface area contributed by atoms with Crippen molar-refractivity contribution in [3.8, 4) is 11.5 Å². The Bertz CT molecular complexity index is 973. The van der Waals surface area contributed by atoms with Gasteiger partial charge in [-0.2, -0.15) is 0 Å². The number of hydrogen-bond donors (Lipinski definition) is 3. The Hall–Kier alpha value is -3.11. The van der Waals surface area contributed by atoms with Crippen molar-refractivity contribution in [3.05, 3.63) is 53.6 Å². The Morgan fingerprint density at radius 2 is 1.55 bits per heavy atom. The van der Waals surface area contributed by atoms with Gasteiger partial charge in [0.1, 0.15) is 0 Å². The summed E-state index contributed by atoms with van der Waals surface area (Å²) in [6.07, 6.45) is 0. The molecule has 29 heavy (non-hydrogen) atoms. The summed E-state index contributed by atoms with van der Waals surface area (Å²) in [5.74, 6) is -0.721. The van der Waals surface area contributed by atoms with Crippen molar-refractivity contribution in [3.63, 3.8) is 0 Å². The number of methoxy groups -OCH3 is 1. The molecule has 0 radical (unpaired) electrons. The molecule has 10 heteroatoms. The highest BCUT2D eigenvalue weighted by Crippen LogP contribution is 2.27. The lowest BCUT2D eigenvalue weighted by molar-refractivity contribution is 0.0846. The minimum Gasteiger partial charge on any atom is -0.493 e. The second-order valence-electron chi connectivity index (χ2n) is 5.77. The number of aliphatic hydroxyl groups excluding tert-OH is 1. The summed E-state index contributed by atoms with van der Waals surface area (Å²) < 4.78 is 34.3. The maximum absolute atomic E-state index is 12.3. The van der Waals surface area contributed by atoms with Crippen molar-refractivity contribution >= 4 is 21.7 Å². The van der Waals surface area contributed by atoms with Gasteiger partial charge in [-0.05, 0) is 49.4 Å². The molecule has 9 nitrogen and oxygen atoms in total. The van der Waals surface area contributed by atoms with Gasteiger partial charge in [0.25, 0.3) is 11.8 Å². The Labute approximate surface area is 168 Å². The molecule has 0 aliphatic rings. The summed E-state index contributed by atoms with van der Waals surface area (Å²) in [6.45, 7) is 1.77. The van der Waals surface area contributed by atoms with E-state index in [1.165, 1.54) is 43.5 Å². The van der Waals surface area contributed by atoms with Crippen LogP contribution in [-0.2, 0) is 9.84 Å². The van der Waals surface area contributed by atoms with Gasteiger partial charge < -0.3 is 14.6 Å². The zero-order valence-corrected chi connectivity index (χ0v) is 16.8. The van der Waals surface area contributed by atoms with Gasteiger partial charge in [0.2, 0.25) is 0 Å². The minimum absolute atomic E-state index is 0.00591. The maximum atomic E-state index is 12.3. The molecule has 0 bridgehead atoms. The normalized spacial score (nSPS) is 10.9. The smallest absolute Gasteiger partial charge is 0.269 e. The molecule has 0 unspecified atom stereocenters. The number of hydrogen-bond acceptors (Lipinski definition) is 7. The summed E-state index contributed by atoms with van der Waals surface area (Å²) in [7, 11) is -2.15. The fourth-order valence-electron chi connectivity index (χ4n) is 2.39. The molecule has 2 rings (SSSR count). The molecule has 0 saturated heterocycles. The van der Waals surface area contributed by atoms with E-state index < -0.39 is 34.0 Å². The van der Waals surface area contributed by atoms with Crippen molar-refractivity contribution in [2.75, 3.05) is 26.1 Å². The first kappa shape index (κ1) is 22.2. The molecular formula is C19H22N2O7S. The van der Waals surface area contributed by atoms with Crippen LogP contribution in [0, 0.1) is 0 Å². The third-order valence-corrected chi connectivity index (χ3v) is 5.56. The van der Waals surface area contributed by atoms with Gasteiger partial charge in [-0.15, -0.1) is 0 Å². The van der Waals surface area contributed by atoms with Gasteiger partial charge in [0, 0.05) is 11.1 Å². The monoisotopic (exact) mass is 422 g/mol. The van der Waals surface area contributed by atoms with Crippen LogP contribution < -0.4 is 20.3 Å². The number of sulfone groups is 1. The molecule has 0 fully saturated rings. The summed E-state index contributed by atoms with van der Waals surface area (Å²) in [5, 5.41) is 8.80. The molecule has 2 amide bonds. The van der Waals surface area contributed by atoms with Crippen LogP contribution >= 0.6 is 0 Å². The van der Waals surface area contributed by atoms with Crippen LogP contribution in [0.4, 0.5) is 0 Å². The van der Waals surface area contributed by atoms with E-state index in [0.29, 0.717) is 18.1 Å². The van der Waals surface area contributed by atoms with E-state index in [2.05, 4.69) is 10.9 Å². The number of rotatable bonds is 8. The summed E-state index contributed by atoms with van der Waals surface area (Å²) in [5.41, 5.74) is 4.93. The zero-order chi connectivity index (χ0) is 21.4. The fraction of sp³-hybridized carbons (Fsp3) is 0.263. The van der Waals surface area contributed by atoms with Crippen molar-refractivity contribution < 1.29 is 32.6 Å². The number of amides is 2. The standard InChI is InChI=1S/C19H22N2O7S/c1-3-28-16-9-6-14(12-17(16)27-2)19(24)21-20-18(23)13-4-7-15(8-5-13)29(25,26)11-10-22/h4-9,12,22H,3,10-11H2,1-2H3,(H,20,23)(H,21,24). The number of nitrogens with one attached hydrogen (secondary N) is 2. The number of carbonyl (C=O) groups is 2. The second-order valence-corrected chi connectivity index (χ2v) is 7.88. The predicted molar refractivity (Wildman–Crippen MR) is 105 cm³/mol. The van der Waals surface area contributed by atoms with E-state index in [-0.39, 0.29) is 16.0 Å². The largest absolute Gasteiger partial charge is 0.493 e. The van der Waals surface area contributed by atoms with Gasteiger partial charge >= 0.3 is 0 Å². The Kier molecular flexibility index (Phi) is 7.57. The fourth-order valence-corrected chi connectivity index (χ4v) is 3.42. The molecule has 0 aliphatic carbocycles. The molecule has 0 aromatic heterocycles. The van der Waals surface area contributed by atoms with Crippen LogP contribution in [0.25, 0.3) is 0 Å². The summed E-state index contributed by atoms with van der Waals surface area (Å²) in [6, 6.07) is 9.74. The number of aliphatic hydroxyl groups is 1. The number of hydrazine groups is 1. The van der Waals surface area contributed by atoms with Gasteiger partial charge in [-0.25, -0.2) is 8.42 Å². The maximum Gasteiger partial charge on any atom is 0.269 e. The molecule has 0 saturated carbocycles. The van der Waals surface area contributed by atoms with E-state index in [1.54, 1.807) is 6.07 Å². The highest BCUT2D eigenvalue weighted by atomic mass is 32.2. The van der Waals surface area contributed by atoms with Gasteiger partial charge in [0.15, 0.2) is 21.3 Å². The van der Waals surface area contributed by atoms with Gasteiger partial charge in [-0.1, -0.05) is 0 Å². The summed E-state index contributed by atoms with van der Waals surface area (Å²) in [4.78, 5) is 24.4. The van der Waals surface area contributed by atoms with E-state index in [1.807, 2.05) is 6.92 Å². The van der Waals surface area contributed by atoms with Gasteiger partial charge in [-0.3, -0.25) is 20.4 Å². The van der Waals surface area contributed by atoms with Crippen LogP contribution in [0.2, 0.25) is 0 Å². The third kappa shape index (κ3) is 5.69. The summed E-state index contributed by atoms with van der Waals surface area (Å²) >= 11 is 0. The van der Waals surface area contributed by atoms with Crippen LogP contribution in [0.1, 0.15) is 27.6 Å². The van der Waals surface area contributed by atoms with Crippen molar-refractivity contribution in [2.45, 2.75) is 11.8 Å². The SMILES string of the molecule is CCOc1ccc(C(=O)NNC(=O)c2ccc(S(=O)(=O)CCO)cc2)cc1OC. The first-order chi connectivity index (χ1) is 13.8. The molecular weight excluding hydrogens is 400 g/mol. The zero-order valence-electron chi connectivity index (χ0n) is 16.0. The van der Waals surface area contributed by atoms with Crippen molar-refractivity contribution in [1.29, 1.82) is 0 Å². The average molecular weight is 422 g/mol. The highest BCUT2D eigenvalue weighted by Gasteiger charge is 2.16. The lowest BCUT2D eigenvalue weighted by atomic mass is 10.2. The van der Waals surface area contributed by atoms with Crippen LogP contribution in [0.5, 0.6) is 11.5 Å². The first-order valence-corrected chi connectivity index (χ1v) is 10.3. The minimum atomic E-state index is -3.60. The average Bonchev–Trinajstić information content (AvgIpc) is 2.72. The molecule has 0 atom stereocenters.